The van der Waals surface area contributed by atoms with Crippen LogP contribution in [0.1, 0.15) is 38.8 Å². The molecule has 1 aliphatic rings. The van der Waals surface area contributed by atoms with Gasteiger partial charge in [-0.1, -0.05) is 39.0 Å². The first-order valence-electron chi connectivity index (χ1n) is 8.72. The topological polar surface area (TPSA) is 84.9 Å². The average Bonchev–Trinajstić information content (AvgIpc) is 3.07. The van der Waals surface area contributed by atoms with E-state index in [1.54, 1.807) is 37.3 Å². The monoisotopic (exact) mass is 391 g/mol. The second-order valence-corrected chi connectivity index (χ2v) is 9.71. The number of ether oxygens (including phenoxy) is 2. The molecule has 27 heavy (non-hydrogen) atoms. The van der Waals surface area contributed by atoms with E-state index in [-0.39, 0.29) is 23.6 Å². The van der Waals surface area contributed by atoms with E-state index in [4.69, 9.17) is 9.47 Å². The summed E-state index contributed by atoms with van der Waals surface area (Å²) in [4.78, 5) is 0.164. The van der Waals surface area contributed by atoms with Crippen molar-refractivity contribution in [3.8, 4) is 11.5 Å². The molecule has 0 saturated heterocycles. The van der Waals surface area contributed by atoms with E-state index in [0.717, 1.165) is 5.56 Å². The minimum Gasteiger partial charge on any atom is -0.454 e. The molecule has 1 atom stereocenters. The molecule has 2 aromatic carbocycles. The molecule has 3 rings (SSSR count). The van der Waals surface area contributed by atoms with Gasteiger partial charge in [-0.15, -0.1) is 0 Å². The van der Waals surface area contributed by atoms with Gasteiger partial charge < -0.3 is 14.6 Å². The lowest BCUT2D eigenvalue weighted by Gasteiger charge is -2.24. The molecule has 0 radical (unpaired) electrons. The maximum Gasteiger partial charge on any atom is 0.240 e. The summed E-state index contributed by atoms with van der Waals surface area (Å²) in [7, 11) is -3.74. The Labute approximate surface area is 160 Å². The third kappa shape index (κ3) is 4.26. The SMILES string of the molecule is CC(C)(C)c1ccc(S(=O)(=O)NCC(C)(O)c2ccc3c(c2)OCO3)cc1. The van der Waals surface area contributed by atoms with Crippen LogP contribution in [-0.2, 0) is 21.0 Å². The fraction of sp³-hybridized carbons (Fsp3) is 0.400. The Morgan fingerprint density at radius 3 is 2.19 bits per heavy atom. The van der Waals surface area contributed by atoms with Gasteiger partial charge >= 0.3 is 0 Å². The number of nitrogens with one attached hydrogen (secondary N) is 1. The average molecular weight is 391 g/mol. The summed E-state index contributed by atoms with van der Waals surface area (Å²) < 4.78 is 38.2. The Morgan fingerprint density at radius 2 is 1.56 bits per heavy atom. The second-order valence-electron chi connectivity index (χ2n) is 7.94. The van der Waals surface area contributed by atoms with Crippen molar-refractivity contribution in [1.29, 1.82) is 0 Å². The van der Waals surface area contributed by atoms with Crippen molar-refractivity contribution in [2.45, 2.75) is 43.6 Å². The number of hydrogen-bond donors (Lipinski definition) is 2. The molecule has 0 amide bonds. The third-order valence-corrected chi connectivity index (χ3v) is 6.05. The van der Waals surface area contributed by atoms with Crippen molar-refractivity contribution in [2.75, 3.05) is 13.3 Å². The Balaban J connectivity index is 1.74. The molecule has 0 aromatic heterocycles. The quantitative estimate of drug-likeness (QED) is 0.819. The summed E-state index contributed by atoms with van der Waals surface area (Å²) in [5, 5.41) is 10.8. The molecule has 0 aliphatic carbocycles. The van der Waals surface area contributed by atoms with Gasteiger partial charge in [0.2, 0.25) is 16.8 Å². The zero-order valence-electron chi connectivity index (χ0n) is 15.9. The van der Waals surface area contributed by atoms with Crippen molar-refractivity contribution < 1.29 is 23.0 Å². The first-order valence-corrected chi connectivity index (χ1v) is 10.2. The molecular weight excluding hydrogens is 366 g/mol. The summed E-state index contributed by atoms with van der Waals surface area (Å²) in [6, 6.07) is 11.8. The van der Waals surface area contributed by atoms with Crippen LogP contribution in [0.5, 0.6) is 11.5 Å². The number of aliphatic hydroxyl groups is 1. The minimum atomic E-state index is -3.74. The fourth-order valence-corrected chi connectivity index (χ4v) is 3.92. The van der Waals surface area contributed by atoms with E-state index in [2.05, 4.69) is 25.5 Å². The number of hydrogen-bond acceptors (Lipinski definition) is 5. The van der Waals surface area contributed by atoms with E-state index in [0.29, 0.717) is 17.1 Å². The normalized spacial score (nSPS) is 16.2. The maximum atomic E-state index is 12.6. The summed E-state index contributed by atoms with van der Waals surface area (Å²) >= 11 is 0. The van der Waals surface area contributed by atoms with Crippen molar-refractivity contribution >= 4 is 10.0 Å². The predicted molar refractivity (Wildman–Crippen MR) is 102 cm³/mol. The molecule has 1 unspecified atom stereocenters. The van der Waals surface area contributed by atoms with Gasteiger partial charge in [-0.25, -0.2) is 13.1 Å². The van der Waals surface area contributed by atoms with Crippen LogP contribution in [0.4, 0.5) is 0 Å². The Bertz CT molecular complexity index is 928. The summed E-state index contributed by atoms with van der Waals surface area (Å²) in [6.45, 7) is 7.72. The molecule has 7 heteroatoms. The van der Waals surface area contributed by atoms with Crippen LogP contribution < -0.4 is 14.2 Å². The number of benzene rings is 2. The molecule has 0 spiro atoms. The number of rotatable bonds is 5. The van der Waals surface area contributed by atoms with Crippen molar-refractivity contribution in [1.82, 2.24) is 4.72 Å². The fourth-order valence-electron chi connectivity index (χ4n) is 2.79. The summed E-state index contributed by atoms with van der Waals surface area (Å²) in [6.07, 6.45) is 0. The van der Waals surface area contributed by atoms with E-state index < -0.39 is 15.6 Å². The first-order chi connectivity index (χ1) is 12.5. The predicted octanol–water partition coefficient (Wildman–Crippen LogP) is 2.90. The standard InChI is InChI=1S/C20H25NO5S/c1-19(2,3)14-5-8-16(9-6-14)27(23,24)21-12-20(4,22)15-7-10-17-18(11-15)26-13-25-17/h5-11,21-22H,12-13H2,1-4H3. The molecule has 1 aliphatic heterocycles. The molecule has 0 fully saturated rings. The largest absolute Gasteiger partial charge is 0.454 e. The molecule has 2 N–H and O–H groups in total. The van der Waals surface area contributed by atoms with Gasteiger partial charge in [0.15, 0.2) is 11.5 Å². The lowest BCUT2D eigenvalue weighted by Crippen LogP contribution is -2.38. The van der Waals surface area contributed by atoms with Gasteiger partial charge in [-0.3, -0.25) is 0 Å². The molecule has 146 valence electrons. The highest BCUT2D eigenvalue weighted by molar-refractivity contribution is 7.89. The Hall–Kier alpha value is -2.09. The van der Waals surface area contributed by atoms with E-state index in [9.17, 15) is 13.5 Å². The number of sulfonamides is 1. The minimum absolute atomic E-state index is 0.0568. The zero-order valence-corrected chi connectivity index (χ0v) is 16.8. The van der Waals surface area contributed by atoms with Crippen molar-refractivity contribution in [3.63, 3.8) is 0 Å². The molecule has 6 nitrogen and oxygen atoms in total. The molecule has 0 saturated carbocycles. The molecule has 1 heterocycles. The van der Waals surface area contributed by atoms with E-state index in [1.165, 1.54) is 0 Å². The van der Waals surface area contributed by atoms with Gasteiger partial charge in [0.05, 0.1) is 4.90 Å². The Morgan fingerprint density at radius 1 is 0.963 bits per heavy atom. The maximum absolute atomic E-state index is 12.6. The highest BCUT2D eigenvalue weighted by Gasteiger charge is 2.28. The van der Waals surface area contributed by atoms with Crippen molar-refractivity contribution in [2.24, 2.45) is 0 Å². The van der Waals surface area contributed by atoms with Gasteiger partial charge in [0.25, 0.3) is 0 Å². The second kappa shape index (κ2) is 6.82. The van der Waals surface area contributed by atoms with Crippen LogP contribution in [0.25, 0.3) is 0 Å². The van der Waals surface area contributed by atoms with Gasteiger partial charge in [0.1, 0.15) is 5.60 Å². The van der Waals surface area contributed by atoms with Crippen LogP contribution in [0.3, 0.4) is 0 Å². The van der Waals surface area contributed by atoms with Crippen LogP contribution in [0.2, 0.25) is 0 Å². The van der Waals surface area contributed by atoms with E-state index in [1.807, 2.05) is 12.1 Å². The van der Waals surface area contributed by atoms with Gasteiger partial charge in [-0.2, -0.15) is 0 Å². The summed E-state index contributed by atoms with van der Waals surface area (Å²) in [5.41, 5.74) is 0.129. The molecular formula is C20H25NO5S. The zero-order chi connectivity index (χ0) is 19.9. The number of fused-ring (bicyclic) bond motifs is 1. The third-order valence-electron chi connectivity index (χ3n) is 4.63. The summed E-state index contributed by atoms with van der Waals surface area (Å²) in [5.74, 6) is 1.14. The Kier molecular flexibility index (Phi) is 4.96. The van der Waals surface area contributed by atoms with Crippen molar-refractivity contribution in [3.05, 3.63) is 53.6 Å². The van der Waals surface area contributed by atoms with E-state index >= 15 is 0 Å². The smallest absolute Gasteiger partial charge is 0.240 e. The van der Waals surface area contributed by atoms with Crippen LogP contribution in [-0.4, -0.2) is 26.9 Å². The first kappa shape index (κ1) is 19.7. The van der Waals surface area contributed by atoms with Crippen LogP contribution in [0.15, 0.2) is 47.4 Å². The van der Waals surface area contributed by atoms with Gasteiger partial charge in [0, 0.05) is 6.54 Å². The lowest BCUT2D eigenvalue weighted by molar-refractivity contribution is 0.0625. The van der Waals surface area contributed by atoms with Crippen LogP contribution >= 0.6 is 0 Å². The lowest BCUT2D eigenvalue weighted by atomic mass is 9.87. The van der Waals surface area contributed by atoms with Crippen LogP contribution in [0, 0.1) is 0 Å². The molecule has 2 aromatic rings. The highest BCUT2D eigenvalue weighted by atomic mass is 32.2. The molecule has 0 bridgehead atoms. The highest BCUT2D eigenvalue weighted by Crippen LogP contribution is 2.35. The van der Waals surface area contributed by atoms with Gasteiger partial charge in [-0.05, 0) is 47.7 Å².